The minimum atomic E-state index is -2.72. The molecule has 1 heterocycles. The number of alkyl halides is 2. The zero-order valence-electron chi connectivity index (χ0n) is 9.25. The molecule has 0 spiro atoms. The highest BCUT2D eigenvalue weighted by atomic mass is 79.9. The summed E-state index contributed by atoms with van der Waals surface area (Å²) in [6.07, 6.45) is -3.72. The van der Waals surface area contributed by atoms with Crippen molar-refractivity contribution in [2.24, 2.45) is 0 Å². The van der Waals surface area contributed by atoms with Crippen LogP contribution < -0.4 is 0 Å². The molecule has 0 saturated heterocycles. The molecule has 0 aliphatic rings. The molecule has 1 rings (SSSR count). The van der Waals surface area contributed by atoms with E-state index < -0.39 is 12.5 Å². The molecule has 1 aromatic rings. The van der Waals surface area contributed by atoms with Crippen LogP contribution in [-0.2, 0) is 19.4 Å². The van der Waals surface area contributed by atoms with E-state index >= 15 is 0 Å². The van der Waals surface area contributed by atoms with Gasteiger partial charge in [-0.05, 0) is 29.3 Å². The van der Waals surface area contributed by atoms with E-state index in [1.807, 2.05) is 13.8 Å². The van der Waals surface area contributed by atoms with Gasteiger partial charge in [-0.15, -0.1) is 0 Å². The van der Waals surface area contributed by atoms with Crippen molar-refractivity contribution in [3.8, 4) is 0 Å². The van der Waals surface area contributed by atoms with Crippen LogP contribution in [0.5, 0.6) is 0 Å². The Balaban J connectivity index is 2.97. The van der Waals surface area contributed by atoms with E-state index in [1.54, 1.807) is 4.68 Å². The third-order valence-electron chi connectivity index (χ3n) is 2.39. The van der Waals surface area contributed by atoms with E-state index in [1.165, 1.54) is 0 Å². The van der Waals surface area contributed by atoms with Crippen molar-refractivity contribution < 1.29 is 13.9 Å². The largest absolute Gasteiger partial charge is 0.387 e. The molecule has 0 amide bonds. The minimum absolute atomic E-state index is 0.0842. The summed E-state index contributed by atoms with van der Waals surface area (Å²) < 4.78 is 26.9. The molecule has 16 heavy (non-hydrogen) atoms. The Morgan fingerprint density at radius 3 is 2.50 bits per heavy atom. The predicted molar refractivity (Wildman–Crippen MR) is 60.7 cm³/mol. The van der Waals surface area contributed by atoms with Gasteiger partial charge in [-0.3, -0.25) is 4.68 Å². The number of aliphatic hydroxyl groups is 1. The van der Waals surface area contributed by atoms with Gasteiger partial charge in [0.05, 0.1) is 15.9 Å². The fourth-order valence-electron chi connectivity index (χ4n) is 1.50. The maximum atomic E-state index is 12.3. The van der Waals surface area contributed by atoms with Gasteiger partial charge in [-0.2, -0.15) is 5.10 Å². The quantitative estimate of drug-likeness (QED) is 0.906. The van der Waals surface area contributed by atoms with Crippen molar-refractivity contribution in [3.05, 3.63) is 15.9 Å². The van der Waals surface area contributed by atoms with Gasteiger partial charge >= 0.3 is 0 Å². The van der Waals surface area contributed by atoms with Gasteiger partial charge in [0.2, 0.25) is 0 Å². The number of aromatic nitrogens is 2. The van der Waals surface area contributed by atoms with Crippen molar-refractivity contribution in [1.82, 2.24) is 9.78 Å². The normalized spacial score (nSPS) is 13.4. The Bertz CT molecular complexity index is 355. The molecule has 0 bridgehead atoms. The maximum Gasteiger partial charge on any atom is 0.264 e. The van der Waals surface area contributed by atoms with E-state index in [0.29, 0.717) is 12.2 Å². The minimum Gasteiger partial charge on any atom is -0.387 e. The molecule has 0 aliphatic heterocycles. The first-order valence-corrected chi connectivity index (χ1v) is 6.00. The van der Waals surface area contributed by atoms with Gasteiger partial charge in [0.25, 0.3) is 6.43 Å². The molecule has 6 heteroatoms. The lowest BCUT2D eigenvalue weighted by molar-refractivity contribution is -0.00477. The predicted octanol–water partition coefficient (Wildman–Crippen LogP) is 2.40. The third-order valence-corrected chi connectivity index (χ3v) is 3.30. The van der Waals surface area contributed by atoms with Crippen LogP contribution in [0.4, 0.5) is 8.78 Å². The molecule has 1 aromatic heterocycles. The lowest BCUT2D eigenvalue weighted by Crippen LogP contribution is -2.22. The molecule has 0 aromatic carbocycles. The molecule has 0 saturated carbocycles. The Morgan fingerprint density at radius 2 is 2.06 bits per heavy atom. The first-order chi connectivity index (χ1) is 7.51. The van der Waals surface area contributed by atoms with Crippen LogP contribution in [0.25, 0.3) is 0 Å². The number of aliphatic hydroxyl groups excluding tert-OH is 1. The summed E-state index contributed by atoms with van der Waals surface area (Å²) in [5, 5.41) is 13.5. The molecule has 3 nitrogen and oxygen atoms in total. The summed E-state index contributed by atoms with van der Waals surface area (Å²) in [4.78, 5) is 0. The van der Waals surface area contributed by atoms with Crippen molar-refractivity contribution in [3.63, 3.8) is 0 Å². The van der Waals surface area contributed by atoms with Crippen molar-refractivity contribution >= 4 is 15.9 Å². The Labute approximate surface area is 102 Å². The number of halogens is 3. The summed E-state index contributed by atoms with van der Waals surface area (Å²) in [6, 6.07) is 0. The van der Waals surface area contributed by atoms with Crippen molar-refractivity contribution in [1.29, 1.82) is 0 Å². The highest BCUT2D eigenvalue weighted by Gasteiger charge is 2.22. The second-order valence-corrected chi connectivity index (χ2v) is 4.28. The molecule has 1 N–H and O–H groups in total. The number of nitrogens with zero attached hydrogens (tertiary/aromatic N) is 2. The number of rotatable bonds is 5. The van der Waals surface area contributed by atoms with E-state index in [0.717, 1.165) is 16.6 Å². The van der Waals surface area contributed by atoms with Crippen LogP contribution in [0.1, 0.15) is 25.2 Å². The molecule has 0 fully saturated rings. The Hall–Kier alpha value is -0.490. The number of hydrogen-bond acceptors (Lipinski definition) is 2. The summed E-state index contributed by atoms with van der Waals surface area (Å²) in [7, 11) is 0. The summed E-state index contributed by atoms with van der Waals surface area (Å²) in [6.45, 7) is 4.43. The van der Waals surface area contributed by atoms with E-state index in [4.69, 9.17) is 0 Å². The molecular weight excluding hydrogens is 282 g/mol. The topological polar surface area (TPSA) is 38.0 Å². The highest BCUT2D eigenvalue weighted by Crippen LogP contribution is 2.24. The van der Waals surface area contributed by atoms with Crippen molar-refractivity contribution in [2.75, 3.05) is 0 Å². The van der Waals surface area contributed by atoms with Crippen LogP contribution in [-0.4, -0.2) is 27.4 Å². The van der Waals surface area contributed by atoms with Crippen LogP contribution >= 0.6 is 15.9 Å². The fourth-order valence-corrected chi connectivity index (χ4v) is 2.23. The lowest BCUT2D eigenvalue weighted by Gasteiger charge is -2.10. The number of aryl methyl sites for hydroxylation is 2. The summed E-state index contributed by atoms with van der Waals surface area (Å²) >= 11 is 3.34. The second-order valence-electron chi connectivity index (χ2n) is 3.48. The zero-order valence-corrected chi connectivity index (χ0v) is 10.8. The van der Waals surface area contributed by atoms with Crippen LogP contribution in [0.15, 0.2) is 4.47 Å². The summed E-state index contributed by atoms with van der Waals surface area (Å²) in [5.41, 5.74) is 1.46. The van der Waals surface area contributed by atoms with Gasteiger partial charge < -0.3 is 5.11 Å². The van der Waals surface area contributed by atoms with E-state index in [2.05, 4.69) is 21.0 Å². The van der Waals surface area contributed by atoms with Crippen LogP contribution in [0.2, 0.25) is 0 Å². The van der Waals surface area contributed by atoms with Crippen LogP contribution in [0, 0.1) is 0 Å². The molecule has 0 radical (unpaired) electrons. The van der Waals surface area contributed by atoms with Crippen LogP contribution in [0.3, 0.4) is 0 Å². The fraction of sp³-hybridized carbons (Fsp3) is 0.700. The standard InChI is InChI=1S/C10H15BrF2N2O/c1-3-6-9(11)7(15(4-2)14-6)5-8(16)10(12)13/h8,10,16H,3-5H2,1-2H3. The second kappa shape index (κ2) is 5.72. The molecule has 0 aliphatic carbocycles. The SMILES string of the molecule is CCc1nn(CC)c(CC(O)C(F)F)c1Br. The Morgan fingerprint density at radius 1 is 1.44 bits per heavy atom. The number of hydrogen-bond donors (Lipinski definition) is 1. The first-order valence-electron chi connectivity index (χ1n) is 5.21. The highest BCUT2D eigenvalue weighted by molar-refractivity contribution is 9.10. The Kier molecular flexibility index (Phi) is 4.86. The maximum absolute atomic E-state index is 12.3. The zero-order chi connectivity index (χ0) is 12.3. The smallest absolute Gasteiger partial charge is 0.264 e. The van der Waals surface area contributed by atoms with Gasteiger partial charge in [0.1, 0.15) is 6.10 Å². The summed E-state index contributed by atoms with van der Waals surface area (Å²) in [5.74, 6) is 0. The van der Waals surface area contributed by atoms with Gasteiger partial charge in [0.15, 0.2) is 0 Å². The average molecular weight is 297 g/mol. The first kappa shape index (κ1) is 13.6. The van der Waals surface area contributed by atoms with E-state index in [9.17, 15) is 13.9 Å². The molecule has 1 atom stereocenters. The molecule has 92 valence electrons. The van der Waals surface area contributed by atoms with E-state index in [-0.39, 0.29) is 6.42 Å². The lowest BCUT2D eigenvalue weighted by atomic mass is 10.2. The van der Waals surface area contributed by atoms with Gasteiger partial charge in [-0.25, -0.2) is 8.78 Å². The molecule has 1 unspecified atom stereocenters. The monoisotopic (exact) mass is 296 g/mol. The third kappa shape index (κ3) is 2.79. The van der Waals surface area contributed by atoms with Crippen molar-refractivity contribution in [2.45, 2.75) is 45.8 Å². The molecular formula is C10H15BrF2N2O. The van der Waals surface area contributed by atoms with Gasteiger partial charge in [0, 0.05) is 13.0 Å². The van der Waals surface area contributed by atoms with Gasteiger partial charge in [-0.1, -0.05) is 6.92 Å². The average Bonchev–Trinajstić information content (AvgIpc) is 2.55.